The molecule has 42 heavy (non-hydrogen) atoms. The molecule has 4 aromatic rings. The highest BCUT2D eigenvalue weighted by molar-refractivity contribution is 9.10. The molecule has 10 nitrogen and oxygen atoms in total. The van der Waals surface area contributed by atoms with Crippen molar-refractivity contribution in [3.63, 3.8) is 0 Å². The summed E-state index contributed by atoms with van der Waals surface area (Å²) in [6, 6.07) is 5.97. The maximum Gasteiger partial charge on any atom is 0.229 e. The molecule has 0 spiro atoms. The third kappa shape index (κ3) is 8.80. The van der Waals surface area contributed by atoms with Crippen LogP contribution in [0.15, 0.2) is 62.8 Å². The Morgan fingerprint density at radius 2 is 1.21 bits per heavy atom. The summed E-state index contributed by atoms with van der Waals surface area (Å²) in [6.07, 6.45) is 3.84. The Hall–Kier alpha value is -3.41. The normalized spacial score (nSPS) is 13.3. The van der Waals surface area contributed by atoms with Crippen molar-refractivity contribution >= 4 is 70.8 Å². The van der Waals surface area contributed by atoms with Crippen molar-refractivity contribution in [3.8, 4) is 0 Å². The molecule has 0 radical (unpaired) electrons. The van der Waals surface area contributed by atoms with E-state index >= 15 is 0 Å². The second-order valence-corrected chi connectivity index (χ2v) is 12.3. The fourth-order valence-corrected chi connectivity index (χ4v) is 5.77. The van der Waals surface area contributed by atoms with Crippen LogP contribution < -0.4 is 15.5 Å². The van der Waals surface area contributed by atoms with Gasteiger partial charge in [0.25, 0.3) is 0 Å². The predicted octanol–water partition coefficient (Wildman–Crippen LogP) is 5.76. The first-order valence-electron chi connectivity index (χ1n) is 11.9. The zero-order valence-electron chi connectivity index (χ0n) is 21.6. The van der Waals surface area contributed by atoms with Crippen LogP contribution in [0.3, 0.4) is 0 Å². The molecule has 0 saturated carbocycles. The van der Waals surface area contributed by atoms with Gasteiger partial charge in [-0.25, -0.2) is 35.9 Å². The lowest BCUT2D eigenvalue weighted by Crippen LogP contribution is -2.37. The van der Waals surface area contributed by atoms with Gasteiger partial charge in [0.15, 0.2) is 14.9 Å². The molecule has 1 fully saturated rings. The highest BCUT2D eigenvalue weighted by Gasteiger charge is 2.17. The number of sulfone groups is 1. The van der Waals surface area contributed by atoms with E-state index in [1.54, 1.807) is 6.20 Å². The number of nitrogens with one attached hydrogen (secondary N) is 2. The molecule has 0 unspecified atom stereocenters. The molecular weight excluding hydrogens is 714 g/mol. The van der Waals surface area contributed by atoms with Gasteiger partial charge in [-0.3, -0.25) is 0 Å². The highest BCUT2D eigenvalue weighted by atomic mass is 79.9. The Bertz CT molecular complexity index is 1660. The van der Waals surface area contributed by atoms with E-state index in [9.17, 15) is 26.0 Å². The minimum Gasteiger partial charge on any atom is -0.378 e. The summed E-state index contributed by atoms with van der Waals surface area (Å²) in [5.74, 6) is -1.95. The summed E-state index contributed by atoms with van der Waals surface area (Å²) in [5, 5.41) is 5.13. The van der Waals surface area contributed by atoms with Crippen LogP contribution in [0.4, 0.5) is 46.7 Å². The average Bonchev–Trinajstić information content (AvgIpc) is 2.90. The van der Waals surface area contributed by atoms with Gasteiger partial charge in [-0.1, -0.05) is 0 Å². The third-order valence-corrected chi connectivity index (χ3v) is 7.75. The van der Waals surface area contributed by atoms with Crippen LogP contribution in [0.25, 0.3) is 0 Å². The van der Waals surface area contributed by atoms with Crippen LogP contribution in [0, 0.1) is 23.3 Å². The van der Waals surface area contributed by atoms with Gasteiger partial charge in [0.2, 0.25) is 11.9 Å². The fraction of sp³-hybridized carbons (Fsp3) is 0.200. The summed E-state index contributed by atoms with van der Waals surface area (Å²) >= 11 is 6.44. The number of rotatable bonds is 6. The Morgan fingerprint density at radius 1 is 0.762 bits per heavy atom. The molecule has 0 aliphatic carbocycles. The van der Waals surface area contributed by atoms with Crippen molar-refractivity contribution in [2.75, 3.05) is 48.1 Å². The van der Waals surface area contributed by atoms with Crippen molar-refractivity contribution in [2.45, 2.75) is 5.03 Å². The molecule has 1 saturated heterocycles. The van der Waals surface area contributed by atoms with E-state index in [1.165, 1.54) is 18.3 Å². The summed E-state index contributed by atoms with van der Waals surface area (Å²) < 4.78 is 81.8. The van der Waals surface area contributed by atoms with Crippen molar-refractivity contribution < 1.29 is 30.7 Å². The van der Waals surface area contributed by atoms with E-state index in [1.807, 2.05) is 0 Å². The molecule has 3 heterocycles. The number of halogens is 6. The number of nitrogens with zero attached hydrogens (tertiary/aromatic N) is 5. The van der Waals surface area contributed by atoms with Crippen LogP contribution in [0.2, 0.25) is 0 Å². The standard InChI is InChI=1S/C14H13BrF2N4O.C11H8BrF2N3O2S/c15-12-8-18-14(19-11-6-9(16)5-10(17)7-11)20-13(12)21-1-3-22-4-2-21;1-20(18,19)10-9(12)5-15-11(17-10)16-8-3-6(13)2-7(14)4-8/h5-8H,1-4H2,(H,18,19,20);2-5H,1H3,(H,15,16,17). The van der Waals surface area contributed by atoms with E-state index < -0.39 is 33.1 Å². The number of benzene rings is 2. The molecule has 2 N–H and O–H groups in total. The molecular formula is C25H21Br2F4N7O3S. The zero-order valence-corrected chi connectivity index (χ0v) is 25.6. The molecule has 0 amide bonds. The molecule has 2 aromatic heterocycles. The largest absolute Gasteiger partial charge is 0.378 e. The van der Waals surface area contributed by atoms with E-state index in [0.717, 1.165) is 53.9 Å². The van der Waals surface area contributed by atoms with Crippen LogP contribution in [0.1, 0.15) is 0 Å². The maximum atomic E-state index is 13.2. The van der Waals surface area contributed by atoms with Gasteiger partial charge in [-0.05, 0) is 56.1 Å². The Kier molecular flexibility index (Phi) is 10.3. The molecule has 17 heteroatoms. The van der Waals surface area contributed by atoms with E-state index in [0.29, 0.717) is 13.2 Å². The number of hydrogen-bond donors (Lipinski definition) is 2. The first kappa shape index (κ1) is 31.5. The summed E-state index contributed by atoms with van der Waals surface area (Å²) in [7, 11) is -3.55. The quantitative estimate of drug-likeness (QED) is 0.187. The summed E-state index contributed by atoms with van der Waals surface area (Å²) in [6.45, 7) is 2.72. The van der Waals surface area contributed by atoms with Crippen molar-refractivity contribution in [1.29, 1.82) is 0 Å². The van der Waals surface area contributed by atoms with Crippen LogP contribution in [-0.2, 0) is 14.6 Å². The van der Waals surface area contributed by atoms with Gasteiger partial charge in [-0.15, -0.1) is 0 Å². The predicted molar refractivity (Wildman–Crippen MR) is 155 cm³/mol. The highest BCUT2D eigenvalue weighted by Crippen LogP contribution is 2.27. The number of ether oxygens (including phenoxy) is 1. The van der Waals surface area contributed by atoms with E-state index in [-0.39, 0.29) is 32.8 Å². The van der Waals surface area contributed by atoms with Gasteiger partial charge in [0.05, 0.1) is 22.2 Å². The van der Waals surface area contributed by atoms with E-state index in [4.69, 9.17) is 4.74 Å². The molecule has 222 valence electrons. The van der Waals surface area contributed by atoms with E-state index in [2.05, 4.69) is 67.3 Å². The van der Waals surface area contributed by atoms with Crippen LogP contribution >= 0.6 is 31.9 Å². The zero-order chi connectivity index (χ0) is 30.4. The fourth-order valence-electron chi connectivity index (χ4n) is 3.60. The minimum absolute atomic E-state index is 0.0734. The van der Waals surface area contributed by atoms with Crippen molar-refractivity contribution in [3.05, 3.63) is 81.0 Å². The lowest BCUT2D eigenvalue weighted by molar-refractivity contribution is 0.122. The minimum atomic E-state index is -3.55. The lowest BCUT2D eigenvalue weighted by Gasteiger charge is -2.28. The van der Waals surface area contributed by atoms with Gasteiger partial charge >= 0.3 is 0 Å². The van der Waals surface area contributed by atoms with Gasteiger partial charge in [0.1, 0.15) is 29.1 Å². The smallest absolute Gasteiger partial charge is 0.229 e. The Morgan fingerprint density at radius 3 is 1.69 bits per heavy atom. The molecule has 1 aliphatic rings. The average molecular weight is 735 g/mol. The second-order valence-electron chi connectivity index (χ2n) is 8.65. The number of hydrogen-bond acceptors (Lipinski definition) is 10. The number of aromatic nitrogens is 4. The first-order valence-corrected chi connectivity index (χ1v) is 15.4. The first-order chi connectivity index (χ1) is 19.9. The van der Waals surface area contributed by atoms with Crippen molar-refractivity contribution in [1.82, 2.24) is 19.9 Å². The van der Waals surface area contributed by atoms with Crippen LogP contribution in [-0.4, -0.2) is 60.9 Å². The molecule has 0 bridgehead atoms. The van der Waals surface area contributed by atoms with Crippen LogP contribution in [0.5, 0.6) is 0 Å². The Balaban J connectivity index is 0.000000194. The number of anilines is 5. The summed E-state index contributed by atoms with van der Waals surface area (Å²) in [4.78, 5) is 18.2. The van der Waals surface area contributed by atoms with Crippen molar-refractivity contribution in [2.24, 2.45) is 0 Å². The van der Waals surface area contributed by atoms with Gasteiger partial charge in [-0.2, -0.15) is 9.97 Å². The molecule has 2 aromatic carbocycles. The molecule has 0 atom stereocenters. The maximum absolute atomic E-state index is 13.2. The molecule has 5 rings (SSSR count). The topological polar surface area (TPSA) is 122 Å². The SMILES string of the molecule is CS(=O)(=O)c1nc(Nc2cc(F)cc(F)c2)ncc1Br.Fc1cc(F)cc(Nc2ncc(Br)c(N3CCOCC3)n2)c1. The Labute approximate surface area is 254 Å². The van der Waals surface area contributed by atoms with Gasteiger partial charge < -0.3 is 20.3 Å². The monoisotopic (exact) mass is 733 g/mol. The number of morpholine rings is 1. The second kappa shape index (κ2) is 13.7. The lowest BCUT2D eigenvalue weighted by atomic mass is 10.3. The third-order valence-electron chi connectivity index (χ3n) is 5.34. The summed E-state index contributed by atoms with van der Waals surface area (Å²) in [5.41, 5.74) is 0.331. The van der Waals surface area contributed by atoms with Gasteiger partial charge in [0, 0.05) is 55.2 Å². The molecule has 1 aliphatic heterocycles.